The number of rotatable bonds is 2. The Labute approximate surface area is 299 Å². The Morgan fingerprint density at radius 1 is 0.500 bits per heavy atom. The Kier molecular flexibility index (Phi) is 6.26. The molecule has 4 heteroatoms. The van der Waals surface area contributed by atoms with Crippen LogP contribution in [0.4, 0.5) is 0 Å². The van der Waals surface area contributed by atoms with E-state index < -0.39 is 0 Å². The number of para-hydroxylation sites is 3. The Morgan fingerprint density at radius 3 is 1.98 bits per heavy atom. The lowest BCUT2D eigenvalue weighted by Gasteiger charge is -2.16. The van der Waals surface area contributed by atoms with Crippen LogP contribution in [-0.2, 0) is 0 Å². The van der Waals surface area contributed by atoms with Gasteiger partial charge in [-0.1, -0.05) is 115 Å². The molecule has 0 saturated carbocycles. The Balaban J connectivity index is 1.30. The van der Waals surface area contributed by atoms with Crippen LogP contribution in [0.25, 0.3) is 82.5 Å². The summed E-state index contributed by atoms with van der Waals surface area (Å²) in [5.74, 6) is 1.04. The lowest BCUT2D eigenvalue weighted by Crippen LogP contribution is -2.30. The van der Waals surface area contributed by atoms with E-state index in [-0.39, 0.29) is 0 Å². The summed E-state index contributed by atoms with van der Waals surface area (Å²) < 4.78 is 11.6. The first kappa shape index (κ1) is 29.1. The van der Waals surface area contributed by atoms with Crippen molar-refractivity contribution in [2.75, 3.05) is 0 Å². The van der Waals surface area contributed by atoms with Gasteiger partial charge in [0.25, 0.3) is 0 Å². The van der Waals surface area contributed by atoms with Crippen molar-refractivity contribution in [1.29, 1.82) is 0 Å². The van der Waals surface area contributed by atoms with Gasteiger partial charge in [-0.05, 0) is 67.1 Å². The molecule has 0 amide bonds. The van der Waals surface area contributed by atoms with Gasteiger partial charge in [0.05, 0.1) is 33.2 Å². The van der Waals surface area contributed by atoms with E-state index in [0.29, 0.717) is 0 Å². The number of fused-ring (bicyclic) bond motifs is 12. The van der Waals surface area contributed by atoms with Crippen LogP contribution < -0.4 is 10.4 Å². The molecule has 0 spiro atoms. The molecule has 11 rings (SSSR count). The Bertz CT molecular complexity index is 3230. The molecule has 0 radical (unpaired) electrons. The number of benzene rings is 7. The lowest BCUT2D eigenvalue weighted by molar-refractivity contribution is 0.673. The number of nitrogens with zero attached hydrogens (tertiary/aromatic N) is 3. The van der Waals surface area contributed by atoms with Gasteiger partial charge in [-0.25, -0.2) is 4.99 Å². The van der Waals surface area contributed by atoms with Crippen molar-refractivity contribution in [2.24, 2.45) is 4.99 Å². The number of aromatic nitrogens is 2. The van der Waals surface area contributed by atoms with Gasteiger partial charge in [0.15, 0.2) is 0 Å². The quantitative estimate of drug-likeness (QED) is 0.181. The first-order valence-corrected chi connectivity index (χ1v) is 18.0. The molecular weight excluding hydrogens is 635 g/mol. The molecule has 10 aromatic rings. The van der Waals surface area contributed by atoms with Crippen LogP contribution in [0, 0.1) is 0 Å². The third kappa shape index (κ3) is 4.12. The fourth-order valence-corrected chi connectivity index (χ4v) is 8.66. The zero-order valence-corrected chi connectivity index (χ0v) is 28.7. The van der Waals surface area contributed by atoms with Crippen molar-refractivity contribution >= 4 is 82.7 Å². The Morgan fingerprint density at radius 2 is 1.15 bits per heavy atom. The molecule has 0 atom stereocenters. The van der Waals surface area contributed by atoms with Crippen molar-refractivity contribution in [3.8, 4) is 5.69 Å². The van der Waals surface area contributed by atoms with Crippen molar-refractivity contribution in [3.05, 3.63) is 174 Å². The SMILES string of the molecule is C/C1=c2\cccc\c2=C(/c2ccccc2)N=C(n2c3ccccc3c3c2ccc2c4c5oc6ccccc6c5ccc4n(-c4ccccc4)c23)CC1. The number of hydrogen-bond donors (Lipinski definition) is 0. The highest BCUT2D eigenvalue weighted by Gasteiger charge is 2.25. The van der Waals surface area contributed by atoms with E-state index in [1.54, 1.807) is 0 Å². The summed E-state index contributed by atoms with van der Waals surface area (Å²) in [4.78, 5) is 5.65. The summed E-state index contributed by atoms with van der Waals surface area (Å²) in [5, 5.41) is 9.45. The van der Waals surface area contributed by atoms with E-state index in [1.807, 2.05) is 6.07 Å². The second kappa shape index (κ2) is 11.2. The predicted octanol–water partition coefficient (Wildman–Crippen LogP) is 10.9. The summed E-state index contributed by atoms with van der Waals surface area (Å²) in [6.45, 7) is 2.27. The van der Waals surface area contributed by atoms with Gasteiger partial charge in [0.2, 0.25) is 0 Å². The zero-order valence-electron chi connectivity index (χ0n) is 28.7. The molecular formula is C48H33N3O. The molecule has 1 aliphatic rings. The van der Waals surface area contributed by atoms with Gasteiger partial charge in [-0.2, -0.15) is 0 Å². The normalized spacial score (nSPS) is 15.8. The highest BCUT2D eigenvalue weighted by Crippen LogP contribution is 2.45. The highest BCUT2D eigenvalue weighted by molar-refractivity contribution is 6.31. The molecule has 0 bridgehead atoms. The average Bonchev–Trinajstić information content (AvgIpc) is 3.86. The van der Waals surface area contributed by atoms with Gasteiger partial charge in [0.1, 0.15) is 17.0 Å². The van der Waals surface area contributed by atoms with Crippen LogP contribution in [0.3, 0.4) is 0 Å². The van der Waals surface area contributed by atoms with Crippen LogP contribution in [0.15, 0.2) is 167 Å². The van der Waals surface area contributed by atoms with E-state index in [0.717, 1.165) is 79.5 Å². The summed E-state index contributed by atoms with van der Waals surface area (Å²) in [6.07, 6.45) is 1.73. The van der Waals surface area contributed by atoms with Gasteiger partial charge >= 0.3 is 0 Å². The summed E-state index contributed by atoms with van der Waals surface area (Å²) in [5.41, 5.74) is 11.0. The number of aliphatic imine (C=N–C) groups is 1. The number of furan rings is 1. The molecule has 3 aromatic heterocycles. The van der Waals surface area contributed by atoms with Crippen molar-refractivity contribution < 1.29 is 4.42 Å². The second-order valence-corrected chi connectivity index (χ2v) is 13.9. The average molecular weight is 668 g/mol. The van der Waals surface area contributed by atoms with Gasteiger partial charge in [0, 0.05) is 49.8 Å². The van der Waals surface area contributed by atoms with Crippen molar-refractivity contribution in [2.45, 2.75) is 19.8 Å². The molecule has 0 saturated heterocycles. The maximum absolute atomic E-state index is 6.70. The van der Waals surface area contributed by atoms with E-state index in [4.69, 9.17) is 9.41 Å². The second-order valence-electron chi connectivity index (χ2n) is 13.9. The molecule has 7 aromatic carbocycles. The van der Waals surface area contributed by atoms with Crippen LogP contribution in [0.5, 0.6) is 0 Å². The molecule has 0 N–H and O–H groups in total. The number of hydrogen-bond acceptors (Lipinski definition) is 2. The van der Waals surface area contributed by atoms with Crippen LogP contribution in [0.1, 0.15) is 25.3 Å². The maximum Gasteiger partial charge on any atom is 0.145 e. The molecule has 246 valence electrons. The van der Waals surface area contributed by atoms with E-state index in [1.165, 1.54) is 37.7 Å². The van der Waals surface area contributed by atoms with Gasteiger partial charge < -0.3 is 8.98 Å². The third-order valence-electron chi connectivity index (χ3n) is 11.0. The van der Waals surface area contributed by atoms with E-state index in [2.05, 4.69) is 168 Å². The summed E-state index contributed by atoms with van der Waals surface area (Å²) >= 11 is 0. The molecule has 1 aliphatic heterocycles. The van der Waals surface area contributed by atoms with Gasteiger partial charge in [-0.15, -0.1) is 0 Å². The molecule has 52 heavy (non-hydrogen) atoms. The monoisotopic (exact) mass is 667 g/mol. The van der Waals surface area contributed by atoms with E-state index in [9.17, 15) is 0 Å². The fourth-order valence-electron chi connectivity index (χ4n) is 8.66. The largest absolute Gasteiger partial charge is 0.455 e. The minimum atomic E-state index is 0.809. The molecule has 4 nitrogen and oxygen atoms in total. The molecule has 0 unspecified atom stereocenters. The first-order valence-electron chi connectivity index (χ1n) is 18.0. The third-order valence-corrected chi connectivity index (χ3v) is 11.0. The fraction of sp³-hybridized carbons (Fsp3) is 0.0625. The zero-order chi connectivity index (χ0) is 34.3. The van der Waals surface area contributed by atoms with Crippen molar-refractivity contribution in [3.63, 3.8) is 0 Å². The Hall–Kier alpha value is -6.65. The van der Waals surface area contributed by atoms with Gasteiger partial charge in [-0.3, -0.25) is 4.57 Å². The minimum Gasteiger partial charge on any atom is -0.455 e. The van der Waals surface area contributed by atoms with Crippen LogP contribution >= 0.6 is 0 Å². The first-order chi connectivity index (χ1) is 25.7. The highest BCUT2D eigenvalue weighted by atomic mass is 16.3. The standard InChI is InChI=1S/C48H33N3O/c1-30-24-29-43(49-46(31-14-4-2-5-15-31)35-20-9-8-18-33(30)35)51-39-22-12-10-21-37(39)44-40(51)28-26-38-45-41(50(47(38)44)32-16-6-3-7-17-32)27-25-36-34-19-11-13-23-42(34)52-48(36)45/h2-23,25-28H,24,29H2,1H3/b33-30-,46-35-,49-43?. The van der Waals surface area contributed by atoms with Crippen LogP contribution in [0.2, 0.25) is 0 Å². The molecule has 4 heterocycles. The molecule has 0 fully saturated rings. The van der Waals surface area contributed by atoms with E-state index >= 15 is 0 Å². The topological polar surface area (TPSA) is 35.4 Å². The smallest absolute Gasteiger partial charge is 0.145 e. The maximum atomic E-state index is 6.70. The summed E-state index contributed by atoms with van der Waals surface area (Å²) in [6, 6.07) is 56.4. The van der Waals surface area contributed by atoms with Crippen molar-refractivity contribution in [1.82, 2.24) is 9.13 Å². The predicted molar refractivity (Wildman–Crippen MR) is 217 cm³/mol. The summed E-state index contributed by atoms with van der Waals surface area (Å²) in [7, 11) is 0. The van der Waals surface area contributed by atoms with Crippen LogP contribution in [-0.4, -0.2) is 15.0 Å². The lowest BCUT2D eigenvalue weighted by atomic mass is 10.0. The molecule has 0 aliphatic carbocycles. The minimum absolute atomic E-state index is 0.809.